The molecule has 9 nitrogen and oxygen atoms in total. The summed E-state index contributed by atoms with van der Waals surface area (Å²) in [7, 11) is 1.17. The molecule has 0 bridgehead atoms. The van der Waals surface area contributed by atoms with E-state index < -0.39 is 26.6 Å². The highest BCUT2D eigenvalue weighted by Crippen LogP contribution is 2.38. The van der Waals surface area contributed by atoms with E-state index in [2.05, 4.69) is 86.8 Å². The molecule has 74 heavy (non-hydrogen) atoms. The summed E-state index contributed by atoms with van der Waals surface area (Å²) in [6.07, 6.45) is 68.6. The summed E-state index contributed by atoms with van der Waals surface area (Å²) in [5, 5.41) is 3.02. The molecule has 1 N–H and O–H groups in total. The average Bonchev–Trinajstić information content (AvgIpc) is 3.36. The molecule has 0 saturated carbocycles. The largest absolute Gasteiger partial charge is 0.756 e. The van der Waals surface area contributed by atoms with Crippen molar-refractivity contribution in [1.82, 2.24) is 5.32 Å². The second-order valence-corrected chi connectivity index (χ2v) is 23.3. The molecular weight excluding hydrogens is 940 g/mol. The Balaban J connectivity index is 5.28. The van der Waals surface area contributed by atoms with Crippen LogP contribution >= 0.6 is 7.82 Å². The maximum Gasteiger partial charge on any atom is 0.306 e. The maximum atomic E-state index is 13.5. The third kappa shape index (κ3) is 54.2. The normalized spacial score (nSPS) is 14.2. The number of rotatable bonds is 55. The van der Waals surface area contributed by atoms with Gasteiger partial charge in [-0.3, -0.25) is 14.2 Å². The van der Waals surface area contributed by atoms with Crippen molar-refractivity contribution in [3.05, 3.63) is 72.9 Å². The Kier molecular flexibility index (Phi) is 52.0. The van der Waals surface area contributed by atoms with Gasteiger partial charge >= 0.3 is 5.97 Å². The highest BCUT2D eigenvalue weighted by molar-refractivity contribution is 7.45. The topological polar surface area (TPSA) is 114 Å². The Morgan fingerprint density at radius 1 is 0.486 bits per heavy atom. The zero-order chi connectivity index (χ0) is 54.3. The number of nitrogens with zero attached hydrogens (tertiary/aromatic N) is 1. The number of unbranched alkanes of at least 4 members (excludes halogenated alkanes) is 30. The summed E-state index contributed by atoms with van der Waals surface area (Å²) in [5.74, 6) is -0.562. The van der Waals surface area contributed by atoms with Gasteiger partial charge in [0.25, 0.3) is 7.82 Å². The van der Waals surface area contributed by atoms with E-state index in [0.717, 1.165) is 116 Å². The lowest BCUT2D eigenvalue weighted by atomic mass is 10.0. The number of phosphoric ester groups is 1. The van der Waals surface area contributed by atoms with Crippen molar-refractivity contribution in [3.8, 4) is 0 Å². The minimum Gasteiger partial charge on any atom is -0.756 e. The van der Waals surface area contributed by atoms with Gasteiger partial charge in [0.2, 0.25) is 5.91 Å². The van der Waals surface area contributed by atoms with Gasteiger partial charge in [0.05, 0.1) is 33.8 Å². The monoisotopic (exact) mass is 1060 g/mol. The van der Waals surface area contributed by atoms with Crippen LogP contribution in [0.4, 0.5) is 0 Å². The number of esters is 1. The quantitative estimate of drug-likeness (QED) is 0.0161. The molecule has 0 heterocycles. The van der Waals surface area contributed by atoms with E-state index in [-0.39, 0.29) is 24.9 Å². The molecular formula is C64H117N2O7P. The zero-order valence-corrected chi connectivity index (χ0v) is 49.9. The average molecular weight is 1060 g/mol. The van der Waals surface area contributed by atoms with Gasteiger partial charge in [0.1, 0.15) is 19.3 Å². The van der Waals surface area contributed by atoms with E-state index in [0.29, 0.717) is 17.4 Å². The standard InChI is InChI=1S/C64H117N2O7P/c1-7-10-13-16-19-22-25-28-30-31-32-33-34-35-37-39-42-45-48-51-54-57-64(68)73-62(55-52-49-46-43-40-27-24-21-18-15-12-9-3)61(60-72-74(69,70)71-59-58-66(4,5)6)65-63(67)56-53-50-47-44-41-38-36-29-26-23-20-17-14-11-8-2/h19-20,22-23,26,28-30,32-33,52,55,61-62H,7-18,21,24-25,27,31,34-51,53-54,56-60H2,1-6H3,(H-,65,67,69,70)/b22-19-,23-20+,29-26+,30-28-,33-32-,55-52-. The van der Waals surface area contributed by atoms with Crippen LogP contribution in [-0.4, -0.2) is 69.4 Å². The first kappa shape index (κ1) is 71.5. The molecule has 1 amide bonds. The third-order valence-electron chi connectivity index (χ3n) is 13.4. The molecule has 0 aromatic heterocycles. The lowest BCUT2D eigenvalue weighted by Crippen LogP contribution is -2.47. The van der Waals surface area contributed by atoms with Crippen molar-refractivity contribution in [2.24, 2.45) is 0 Å². The summed E-state index contributed by atoms with van der Waals surface area (Å²) in [4.78, 5) is 39.9. The molecule has 0 aromatic carbocycles. The maximum absolute atomic E-state index is 13.5. The summed E-state index contributed by atoms with van der Waals surface area (Å²) in [6.45, 7) is 6.77. The molecule has 3 atom stereocenters. The molecule has 0 aliphatic carbocycles. The molecule has 0 aliphatic rings. The molecule has 10 heteroatoms. The number of phosphoric acid groups is 1. The van der Waals surface area contributed by atoms with Gasteiger partial charge in [-0.25, -0.2) is 0 Å². The predicted octanol–water partition coefficient (Wildman–Crippen LogP) is 18.2. The van der Waals surface area contributed by atoms with Crippen LogP contribution in [0, 0.1) is 0 Å². The molecule has 0 aromatic rings. The number of nitrogens with one attached hydrogen (secondary N) is 1. The Labute approximate surface area is 457 Å². The molecule has 3 unspecified atom stereocenters. The molecule has 0 aliphatic heterocycles. The number of allylic oxidation sites excluding steroid dienone is 11. The Bertz CT molecular complexity index is 1500. The van der Waals surface area contributed by atoms with Crippen LogP contribution in [0.15, 0.2) is 72.9 Å². The first-order valence-electron chi connectivity index (χ1n) is 30.8. The van der Waals surface area contributed by atoms with Crippen molar-refractivity contribution in [1.29, 1.82) is 0 Å². The summed E-state index contributed by atoms with van der Waals surface area (Å²) < 4.78 is 30.3. The van der Waals surface area contributed by atoms with E-state index in [9.17, 15) is 19.0 Å². The van der Waals surface area contributed by atoms with Crippen LogP contribution in [-0.2, 0) is 27.9 Å². The third-order valence-corrected chi connectivity index (χ3v) is 14.4. The van der Waals surface area contributed by atoms with Crippen LogP contribution in [0.1, 0.15) is 271 Å². The van der Waals surface area contributed by atoms with Crippen LogP contribution in [0.5, 0.6) is 0 Å². The van der Waals surface area contributed by atoms with Crippen LogP contribution in [0.25, 0.3) is 0 Å². The van der Waals surface area contributed by atoms with Gasteiger partial charge in [0.15, 0.2) is 0 Å². The molecule has 0 saturated heterocycles. The number of ether oxygens (including phenoxy) is 1. The van der Waals surface area contributed by atoms with Crippen molar-refractivity contribution >= 4 is 19.7 Å². The van der Waals surface area contributed by atoms with Gasteiger partial charge in [-0.2, -0.15) is 0 Å². The van der Waals surface area contributed by atoms with Gasteiger partial charge in [-0.1, -0.05) is 235 Å². The Hall–Kier alpha value is -2.55. The molecule has 430 valence electrons. The first-order chi connectivity index (χ1) is 35.9. The Morgan fingerprint density at radius 2 is 0.865 bits per heavy atom. The van der Waals surface area contributed by atoms with Crippen molar-refractivity contribution in [3.63, 3.8) is 0 Å². The number of hydrogen-bond donors (Lipinski definition) is 1. The van der Waals surface area contributed by atoms with Gasteiger partial charge < -0.3 is 28.5 Å². The predicted molar refractivity (Wildman–Crippen MR) is 316 cm³/mol. The van der Waals surface area contributed by atoms with Gasteiger partial charge in [-0.15, -0.1) is 0 Å². The molecule has 0 fully saturated rings. The number of quaternary nitrogens is 1. The minimum atomic E-state index is -4.70. The zero-order valence-electron chi connectivity index (χ0n) is 49.0. The van der Waals surface area contributed by atoms with E-state index in [1.54, 1.807) is 0 Å². The van der Waals surface area contributed by atoms with Crippen LogP contribution < -0.4 is 10.2 Å². The highest BCUT2D eigenvalue weighted by Gasteiger charge is 2.27. The highest BCUT2D eigenvalue weighted by atomic mass is 31.2. The minimum absolute atomic E-state index is 0.0282. The number of carbonyl (C=O) groups excluding carboxylic acids is 2. The van der Waals surface area contributed by atoms with E-state index in [1.807, 2.05) is 33.3 Å². The van der Waals surface area contributed by atoms with Crippen molar-refractivity contribution < 1.29 is 37.3 Å². The SMILES string of the molecule is CCCCC/C=C\C/C=C\C/C=C\CCCCCCCCCCC(=O)OC(/C=C\CCCCCCCCCCCC)C(COP(=O)([O-])OCC[N+](C)(C)C)NC(=O)CCCCCCCC/C=C/C=C/CCCCC. The molecule has 0 rings (SSSR count). The number of hydrogen-bond acceptors (Lipinski definition) is 7. The van der Waals surface area contributed by atoms with Crippen molar-refractivity contribution in [2.75, 3.05) is 40.9 Å². The fraction of sp³-hybridized carbons (Fsp3) is 0.781. The summed E-state index contributed by atoms with van der Waals surface area (Å²) in [5.41, 5.74) is 0. The fourth-order valence-corrected chi connectivity index (χ4v) is 9.30. The fourth-order valence-electron chi connectivity index (χ4n) is 8.58. The van der Waals surface area contributed by atoms with E-state index in [4.69, 9.17) is 13.8 Å². The smallest absolute Gasteiger partial charge is 0.306 e. The Morgan fingerprint density at radius 3 is 1.34 bits per heavy atom. The van der Waals surface area contributed by atoms with Gasteiger partial charge in [0, 0.05) is 12.8 Å². The summed E-state index contributed by atoms with van der Waals surface area (Å²) >= 11 is 0. The van der Waals surface area contributed by atoms with E-state index >= 15 is 0 Å². The van der Waals surface area contributed by atoms with Crippen LogP contribution in [0.2, 0.25) is 0 Å². The first-order valence-corrected chi connectivity index (χ1v) is 32.2. The lowest BCUT2D eigenvalue weighted by Gasteiger charge is -2.30. The summed E-state index contributed by atoms with van der Waals surface area (Å²) in [6, 6.07) is -0.899. The number of likely N-dealkylation sites (N-methyl/N-ethyl adjacent to an activating group) is 1. The van der Waals surface area contributed by atoms with Gasteiger partial charge in [-0.05, 0) is 96.0 Å². The second-order valence-electron chi connectivity index (χ2n) is 21.9. The molecule has 0 spiro atoms. The lowest BCUT2D eigenvalue weighted by molar-refractivity contribution is -0.870. The second kappa shape index (κ2) is 53.8. The van der Waals surface area contributed by atoms with Crippen LogP contribution in [0.3, 0.4) is 0 Å². The molecule has 0 radical (unpaired) electrons. The number of carbonyl (C=O) groups is 2. The number of amides is 1. The van der Waals surface area contributed by atoms with E-state index in [1.165, 1.54) is 122 Å². The van der Waals surface area contributed by atoms with Crippen molar-refractivity contribution in [2.45, 2.75) is 283 Å².